The minimum atomic E-state index is -0.477. The predicted octanol–water partition coefficient (Wildman–Crippen LogP) is 4.11. The van der Waals surface area contributed by atoms with Crippen molar-refractivity contribution in [3.63, 3.8) is 0 Å². The smallest absolute Gasteiger partial charge is 0.119 e. The molecule has 0 aromatic carbocycles. The predicted molar refractivity (Wildman–Crippen MR) is 57.9 cm³/mol. The topological polar surface area (TPSA) is 17.1 Å². The summed E-state index contributed by atoms with van der Waals surface area (Å²) in [5.74, 6) is 0. The maximum atomic E-state index is 10.2. The zero-order chi connectivity index (χ0) is 10.6. The largest absolute Gasteiger partial charge is 0.303 e. The van der Waals surface area contributed by atoms with E-state index >= 15 is 0 Å². The number of hydrogen-bond donors (Lipinski definition) is 0. The average Bonchev–Trinajstić information content (AvgIpc) is 2.21. The maximum Gasteiger partial charge on any atom is 0.119 e. The Labute approximate surface area is 84.3 Å². The van der Waals surface area contributed by atoms with E-state index in [1.807, 2.05) is 0 Å². The van der Waals surface area contributed by atoms with E-state index in [1.54, 1.807) is 0 Å². The molecule has 0 aliphatic heterocycles. The van der Waals surface area contributed by atoms with Gasteiger partial charge in [0.2, 0.25) is 0 Å². The molecular weight excluding hydrogens is 160 g/mol. The molecule has 0 saturated heterocycles. The van der Waals surface area contributed by atoms with E-state index in [2.05, 4.69) is 6.92 Å². The van der Waals surface area contributed by atoms with Crippen LogP contribution in [-0.2, 0) is 4.79 Å². The quantitative estimate of drug-likeness (QED) is 0.370. The molecule has 0 aromatic heterocycles. The lowest BCUT2D eigenvalue weighted by molar-refractivity contribution is -0.107. The van der Waals surface area contributed by atoms with Crippen LogP contribution in [0.15, 0.2) is 0 Å². The molecule has 0 N–H and O–H groups in total. The van der Waals surface area contributed by atoms with E-state index in [1.165, 1.54) is 44.9 Å². The van der Waals surface area contributed by atoms with Gasteiger partial charge in [-0.3, -0.25) is 0 Å². The molecule has 0 aliphatic rings. The number of aldehydes is 1. The summed E-state index contributed by atoms with van der Waals surface area (Å²) in [5.41, 5.74) is 0. The van der Waals surface area contributed by atoms with Crippen LogP contribution in [0.3, 0.4) is 0 Å². The highest BCUT2D eigenvalue weighted by molar-refractivity contribution is 5.48. The fourth-order valence-electron chi connectivity index (χ4n) is 1.46. The normalized spacial score (nSPS) is 13.8. The van der Waals surface area contributed by atoms with Crippen LogP contribution in [0.4, 0.5) is 0 Å². The summed E-state index contributed by atoms with van der Waals surface area (Å²) in [6.07, 6.45) is 11.2. The molecule has 0 heterocycles. The molecule has 1 atom stereocenters. The molecule has 0 radical (unpaired) electrons. The highest BCUT2D eigenvalue weighted by Crippen LogP contribution is 2.09. The van der Waals surface area contributed by atoms with Gasteiger partial charge in [-0.05, 0) is 6.42 Å². The van der Waals surface area contributed by atoms with E-state index in [4.69, 9.17) is 1.37 Å². The Hall–Kier alpha value is -0.330. The van der Waals surface area contributed by atoms with Gasteiger partial charge in [-0.1, -0.05) is 58.3 Å². The van der Waals surface area contributed by atoms with Gasteiger partial charge in [-0.15, -0.1) is 0 Å². The first kappa shape index (κ1) is 10.7. The van der Waals surface area contributed by atoms with Gasteiger partial charge in [0, 0.05) is 7.77 Å². The van der Waals surface area contributed by atoms with E-state index in [0.29, 0.717) is 0 Å². The van der Waals surface area contributed by atoms with Crippen LogP contribution in [0.2, 0.25) is 0 Å². The number of carbonyl (C=O) groups excluding carboxylic acids is 1. The lowest BCUT2D eigenvalue weighted by Gasteiger charge is -1.99. The van der Waals surface area contributed by atoms with Crippen LogP contribution in [0.25, 0.3) is 0 Å². The van der Waals surface area contributed by atoms with Crippen LogP contribution in [0.5, 0.6) is 0 Å². The Bertz CT molecular complexity index is 125. The molecule has 0 saturated carbocycles. The van der Waals surface area contributed by atoms with Gasteiger partial charge in [0.15, 0.2) is 0 Å². The Kier molecular flexibility index (Phi) is 9.65. The van der Waals surface area contributed by atoms with Gasteiger partial charge >= 0.3 is 0 Å². The number of unbranched alkanes of at least 4 members (excludes halogenated alkanes) is 7. The van der Waals surface area contributed by atoms with Crippen molar-refractivity contribution in [2.24, 2.45) is 0 Å². The number of carbonyl (C=O) groups is 1. The van der Waals surface area contributed by atoms with E-state index in [0.717, 1.165) is 19.1 Å². The van der Waals surface area contributed by atoms with Gasteiger partial charge in [0.1, 0.15) is 6.29 Å². The lowest BCUT2D eigenvalue weighted by Crippen LogP contribution is -1.81. The first-order valence-corrected chi connectivity index (χ1v) is 5.68. The van der Waals surface area contributed by atoms with Gasteiger partial charge in [-0.2, -0.15) is 0 Å². The van der Waals surface area contributed by atoms with Gasteiger partial charge in [0.05, 0.1) is 0 Å². The minimum absolute atomic E-state index is 0.477. The first-order valence-electron chi connectivity index (χ1n) is 6.26. The fourth-order valence-corrected chi connectivity index (χ4v) is 1.46. The highest BCUT2D eigenvalue weighted by atomic mass is 16.1. The van der Waals surface area contributed by atoms with Gasteiger partial charge < -0.3 is 4.79 Å². The van der Waals surface area contributed by atoms with Crippen LogP contribution >= 0.6 is 0 Å². The highest BCUT2D eigenvalue weighted by Gasteiger charge is 1.91. The molecule has 1 nitrogen and oxygen atoms in total. The van der Waals surface area contributed by atoms with Crippen LogP contribution < -0.4 is 0 Å². The maximum absolute atomic E-state index is 10.2. The van der Waals surface area contributed by atoms with Gasteiger partial charge in [0.25, 0.3) is 0 Å². The second kappa shape index (κ2) is 11.7. The molecule has 0 aliphatic carbocycles. The van der Waals surface area contributed by atoms with Crippen molar-refractivity contribution in [2.45, 2.75) is 71.1 Å². The summed E-state index contributed by atoms with van der Waals surface area (Å²) in [7, 11) is 0. The second-order valence-corrected chi connectivity index (χ2v) is 3.64. The van der Waals surface area contributed by atoms with E-state index in [9.17, 15) is 4.79 Å². The number of hydrogen-bond acceptors (Lipinski definition) is 1. The van der Waals surface area contributed by atoms with Gasteiger partial charge in [-0.25, -0.2) is 0 Å². The SMILES string of the molecule is [2H]C(C=O)CCCCCCCCCC. The lowest BCUT2D eigenvalue weighted by atomic mass is 10.1. The van der Waals surface area contributed by atoms with Crippen molar-refractivity contribution in [1.29, 1.82) is 0 Å². The first-order chi connectivity index (χ1) is 6.81. The second-order valence-electron chi connectivity index (χ2n) is 3.64. The van der Waals surface area contributed by atoms with Crippen molar-refractivity contribution in [1.82, 2.24) is 0 Å². The molecule has 78 valence electrons. The molecule has 0 rings (SSSR count). The van der Waals surface area contributed by atoms with E-state index in [-0.39, 0.29) is 0 Å². The summed E-state index contributed by atoms with van der Waals surface area (Å²) in [6, 6.07) is 0. The monoisotopic (exact) mass is 185 g/mol. The summed E-state index contributed by atoms with van der Waals surface area (Å²) in [4.78, 5) is 10.2. The van der Waals surface area contributed by atoms with Crippen LogP contribution in [0.1, 0.15) is 72.5 Å². The summed E-state index contributed by atoms with van der Waals surface area (Å²) >= 11 is 0. The molecule has 1 heteroatoms. The Morgan fingerprint density at radius 1 is 0.923 bits per heavy atom. The summed E-state index contributed by atoms with van der Waals surface area (Å²) in [5, 5.41) is 0. The standard InChI is InChI=1S/C12H24O/c1-2-3-4-5-6-7-8-9-10-11-12-13/h12H,2-11H2,1H3/i11D. The molecular formula is C12H24O. The summed E-state index contributed by atoms with van der Waals surface area (Å²) < 4.78 is 7.22. The molecule has 0 bridgehead atoms. The zero-order valence-corrected chi connectivity index (χ0v) is 8.93. The third-order valence-electron chi connectivity index (χ3n) is 2.32. The molecule has 13 heavy (non-hydrogen) atoms. The third kappa shape index (κ3) is 11.7. The van der Waals surface area contributed by atoms with E-state index < -0.39 is 6.40 Å². The van der Waals surface area contributed by atoms with Crippen molar-refractivity contribution >= 4 is 6.29 Å². The number of rotatable bonds is 10. The average molecular weight is 185 g/mol. The Balaban J connectivity index is 2.95. The van der Waals surface area contributed by atoms with Crippen molar-refractivity contribution < 1.29 is 6.17 Å². The van der Waals surface area contributed by atoms with Crippen LogP contribution in [-0.4, -0.2) is 6.29 Å². The molecule has 0 fully saturated rings. The summed E-state index contributed by atoms with van der Waals surface area (Å²) in [6.45, 7) is 2.23. The molecule has 0 amide bonds. The molecule has 0 spiro atoms. The van der Waals surface area contributed by atoms with Crippen molar-refractivity contribution in [3.05, 3.63) is 0 Å². The molecule has 0 aromatic rings. The Morgan fingerprint density at radius 2 is 1.38 bits per heavy atom. The van der Waals surface area contributed by atoms with Crippen LogP contribution in [0, 0.1) is 0 Å². The Morgan fingerprint density at radius 3 is 1.85 bits per heavy atom. The minimum Gasteiger partial charge on any atom is -0.303 e. The van der Waals surface area contributed by atoms with Crippen molar-refractivity contribution in [3.8, 4) is 0 Å². The molecule has 1 unspecified atom stereocenters. The fraction of sp³-hybridized carbons (Fsp3) is 0.917. The third-order valence-corrected chi connectivity index (χ3v) is 2.32. The zero-order valence-electron chi connectivity index (χ0n) is 9.93. The van der Waals surface area contributed by atoms with Crippen molar-refractivity contribution in [2.75, 3.05) is 0 Å².